The van der Waals surface area contributed by atoms with Crippen molar-refractivity contribution in [3.63, 3.8) is 0 Å². The summed E-state index contributed by atoms with van der Waals surface area (Å²) in [5.41, 5.74) is 7.22. The Labute approximate surface area is 87.1 Å². The molecule has 2 rings (SSSR count). The molecule has 4 heteroatoms. The molecule has 0 aliphatic heterocycles. The third-order valence-electron chi connectivity index (χ3n) is 2.16. The van der Waals surface area contributed by atoms with E-state index in [1.165, 1.54) is 6.92 Å². The van der Waals surface area contributed by atoms with E-state index in [0.717, 1.165) is 16.5 Å². The number of hydrogen-bond donors (Lipinski definition) is 2. The van der Waals surface area contributed by atoms with Gasteiger partial charge < -0.3 is 11.1 Å². The summed E-state index contributed by atoms with van der Waals surface area (Å²) in [5, 5.41) is 4.51. The van der Waals surface area contributed by atoms with Gasteiger partial charge in [-0.05, 0) is 18.2 Å². The Morgan fingerprint density at radius 2 is 2.13 bits per heavy atom. The summed E-state index contributed by atoms with van der Waals surface area (Å²) in [6, 6.07) is 5.38. The lowest BCUT2D eigenvalue weighted by atomic mass is 10.1. The van der Waals surface area contributed by atoms with E-state index in [1.54, 1.807) is 24.5 Å². The monoisotopic (exact) mass is 201 g/mol. The van der Waals surface area contributed by atoms with Crippen LogP contribution in [0.2, 0.25) is 0 Å². The Kier molecular flexibility index (Phi) is 2.25. The lowest BCUT2D eigenvalue weighted by Crippen LogP contribution is -2.06. The molecule has 1 amide bonds. The zero-order valence-electron chi connectivity index (χ0n) is 8.32. The lowest BCUT2D eigenvalue weighted by Gasteiger charge is -2.08. The van der Waals surface area contributed by atoms with Crippen LogP contribution in [0.3, 0.4) is 0 Å². The largest absolute Gasteiger partial charge is 0.398 e. The van der Waals surface area contributed by atoms with Gasteiger partial charge in [0.1, 0.15) is 0 Å². The predicted molar refractivity (Wildman–Crippen MR) is 60.5 cm³/mol. The molecule has 0 fully saturated rings. The number of carbonyl (C=O) groups excluding carboxylic acids is 1. The van der Waals surface area contributed by atoms with Gasteiger partial charge in [-0.1, -0.05) is 0 Å². The number of rotatable bonds is 1. The first-order valence-electron chi connectivity index (χ1n) is 4.58. The molecule has 4 nitrogen and oxygen atoms in total. The van der Waals surface area contributed by atoms with Crippen LogP contribution < -0.4 is 11.1 Å². The fraction of sp³-hybridized carbons (Fsp3) is 0.0909. The number of anilines is 2. The SMILES string of the molecule is CC(=O)Nc1ccc(N)c2cnccc12. The molecule has 0 aliphatic rings. The third kappa shape index (κ3) is 1.74. The molecule has 0 atom stereocenters. The zero-order chi connectivity index (χ0) is 10.8. The van der Waals surface area contributed by atoms with Gasteiger partial charge in [0.05, 0.1) is 0 Å². The van der Waals surface area contributed by atoms with E-state index in [-0.39, 0.29) is 5.91 Å². The van der Waals surface area contributed by atoms with Crippen LogP contribution >= 0.6 is 0 Å². The van der Waals surface area contributed by atoms with Gasteiger partial charge in [0.15, 0.2) is 0 Å². The second-order valence-corrected chi connectivity index (χ2v) is 3.30. The van der Waals surface area contributed by atoms with Gasteiger partial charge in [0, 0.05) is 41.5 Å². The Balaban J connectivity index is 2.66. The molecule has 1 aromatic carbocycles. The van der Waals surface area contributed by atoms with E-state index in [0.29, 0.717) is 5.69 Å². The van der Waals surface area contributed by atoms with Crippen LogP contribution in [0, 0.1) is 0 Å². The number of aromatic nitrogens is 1. The number of carbonyl (C=O) groups is 1. The Morgan fingerprint density at radius 1 is 1.33 bits per heavy atom. The van der Waals surface area contributed by atoms with E-state index in [1.807, 2.05) is 6.07 Å². The fourth-order valence-electron chi connectivity index (χ4n) is 1.51. The van der Waals surface area contributed by atoms with Crippen molar-refractivity contribution in [1.82, 2.24) is 4.98 Å². The Bertz CT molecular complexity index is 522. The van der Waals surface area contributed by atoms with E-state index in [9.17, 15) is 4.79 Å². The topological polar surface area (TPSA) is 68.0 Å². The van der Waals surface area contributed by atoms with Crippen LogP contribution in [0.25, 0.3) is 10.8 Å². The number of nitrogens with two attached hydrogens (primary N) is 1. The van der Waals surface area contributed by atoms with Crippen molar-refractivity contribution in [3.05, 3.63) is 30.6 Å². The smallest absolute Gasteiger partial charge is 0.221 e. The quantitative estimate of drug-likeness (QED) is 0.691. The third-order valence-corrected chi connectivity index (χ3v) is 2.16. The summed E-state index contributed by atoms with van der Waals surface area (Å²) in [7, 11) is 0. The summed E-state index contributed by atoms with van der Waals surface area (Å²) in [4.78, 5) is 15.0. The standard InChI is InChI=1S/C11H11N3O/c1-7(15)14-11-3-2-10(12)9-6-13-5-4-8(9)11/h2-6H,12H2,1H3,(H,14,15). The Hall–Kier alpha value is -2.10. The number of fused-ring (bicyclic) bond motifs is 1. The van der Waals surface area contributed by atoms with Gasteiger partial charge in [-0.3, -0.25) is 9.78 Å². The molecule has 3 N–H and O–H groups in total. The van der Waals surface area contributed by atoms with Crippen molar-refractivity contribution in [2.45, 2.75) is 6.92 Å². The van der Waals surface area contributed by atoms with Gasteiger partial charge in [-0.25, -0.2) is 0 Å². The van der Waals surface area contributed by atoms with Gasteiger partial charge in [-0.2, -0.15) is 0 Å². The van der Waals surface area contributed by atoms with Crippen molar-refractivity contribution >= 4 is 28.1 Å². The number of pyridine rings is 1. The highest BCUT2D eigenvalue weighted by molar-refractivity contribution is 6.05. The molecule has 15 heavy (non-hydrogen) atoms. The molecule has 0 saturated heterocycles. The normalized spacial score (nSPS) is 10.2. The molecule has 0 spiro atoms. The van der Waals surface area contributed by atoms with Crippen LogP contribution in [0.1, 0.15) is 6.92 Å². The first-order chi connectivity index (χ1) is 7.18. The number of amides is 1. The summed E-state index contributed by atoms with van der Waals surface area (Å²) in [6.07, 6.45) is 3.36. The van der Waals surface area contributed by atoms with Crippen molar-refractivity contribution in [1.29, 1.82) is 0 Å². The van der Waals surface area contributed by atoms with Crippen LogP contribution in [0.5, 0.6) is 0 Å². The molecular formula is C11H11N3O. The lowest BCUT2D eigenvalue weighted by molar-refractivity contribution is -0.114. The number of hydrogen-bond acceptors (Lipinski definition) is 3. The number of nitrogen functional groups attached to an aromatic ring is 1. The number of nitrogens with zero attached hydrogens (tertiary/aromatic N) is 1. The van der Waals surface area contributed by atoms with E-state index >= 15 is 0 Å². The molecule has 0 saturated carbocycles. The van der Waals surface area contributed by atoms with Crippen LogP contribution in [0.4, 0.5) is 11.4 Å². The van der Waals surface area contributed by atoms with Crippen molar-refractivity contribution < 1.29 is 4.79 Å². The molecule has 0 unspecified atom stereocenters. The van der Waals surface area contributed by atoms with Crippen molar-refractivity contribution in [3.8, 4) is 0 Å². The first-order valence-corrected chi connectivity index (χ1v) is 4.58. The summed E-state index contributed by atoms with van der Waals surface area (Å²) < 4.78 is 0. The molecule has 0 aliphatic carbocycles. The molecule has 0 radical (unpaired) electrons. The fourth-order valence-corrected chi connectivity index (χ4v) is 1.51. The maximum absolute atomic E-state index is 11.0. The molecule has 0 bridgehead atoms. The summed E-state index contributed by atoms with van der Waals surface area (Å²) >= 11 is 0. The van der Waals surface area contributed by atoms with Gasteiger partial charge in [-0.15, -0.1) is 0 Å². The molecular weight excluding hydrogens is 190 g/mol. The van der Waals surface area contributed by atoms with Gasteiger partial charge in [0.2, 0.25) is 5.91 Å². The highest BCUT2D eigenvalue weighted by atomic mass is 16.1. The first kappa shape index (κ1) is 9.45. The minimum atomic E-state index is -0.0992. The second-order valence-electron chi connectivity index (χ2n) is 3.30. The van der Waals surface area contributed by atoms with E-state index in [2.05, 4.69) is 10.3 Å². The van der Waals surface area contributed by atoms with E-state index < -0.39 is 0 Å². The average Bonchev–Trinajstić information content (AvgIpc) is 2.22. The number of nitrogens with one attached hydrogen (secondary N) is 1. The highest BCUT2D eigenvalue weighted by Crippen LogP contribution is 2.27. The maximum atomic E-state index is 11.0. The summed E-state index contributed by atoms with van der Waals surface area (Å²) in [5.74, 6) is -0.0992. The van der Waals surface area contributed by atoms with Crippen molar-refractivity contribution in [2.75, 3.05) is 11.1 Å². The van der Waals surface area contributed by atoms with E-state index in [4.69, 9.17) is 5.73 Å². The van der Waals surface area contributed by atoms with Crippen LogP contribution in [-0.2, 0) is 4.79 Å². The predicted octanol–water partition coefficient (Wildman–Crippen LogP) is 1.78. The molecule has 1 heterocycles. The minimum Gasteiger partial charge on any atom is -0.398 e. The highest BCUT2D eigenvalue weighted by Gasteiger charge is 2.04. The minimum absolute atomic E-state index is 0.0992. The second kappa shape index (κ2) is 3.57. The molecule has 76 valence electrons. The van der Waals surface area contributed by atoms with Gasteiger partial charge in [0.25, 0.3) is 0 Å². The number of benzene rings is 1. The van der Waals surface area contributed by atoms with Crippen LogP contribution in [-0.4, -0.2) is 10.9 Å². The maximum Gasteiger partial charge on any atom is 0.221 e. The molecule has 1 aromatic heterocycles. The molecule has 2 aromatic rings. The average molecular weight is 201 g/mol. The van der Waals surface area contributed by atoms with Crippen LogP contribution in [0.15, 0.2) is 30.6 Å². The zero-order valence-corrected chi connectivity index (χ0v) is 8.32. The van der Waals surface area contributed by atoms with Crippen molar-refractivity contribution in [2.24, 2.45) is 0 Å². The Morgan fingerprint density at radius 3 is 2.87 bits per heavy atom. The summed E-state index contributed by atoms with van der Waals surface area (Å²) in [6.45, 7) is 1.48. The van der Waals surface area contributed by atoms with Gasteiger partial charge >= 0.3 is 0 Å².